The summed E-state index contributed by atoms with van der Waals surface area (Å²) in [7, 11) is 0. The van der Waals surface area contributed by atoms with Crippen molar-refractivity contribution in [1.29, 1.82) is 0 Å². The molecule has 6 heterocycles. The van der Waals surface area contributed by atoms with Crippen molar-refractivity contribution in [2.45, 2.75) is 63.3 Å². The van der Waals surface area contributed by atoms with Crippen molar-refractivity contribution in [3.63, 3.8) is 0 Å². The lowest BCUT2D eigenvalue weighted by Gasteiger charge is -2.40. The molecule has 11 nitrogen and oxygen atoms in total. The number of carbonyl (C=O) groups excluding carboxylic acids is 1. The van der Waals surface area contributed by atoms with Gasteiger partial charge in [0.1, 0.15) is 18.5 Å². The molecule has 230 valence electrons. The third-order valence-electron chi connectivity index (χ3n) is 9.92. The zero-order valence-corrected chi connectivity index (χ0v) is 25.0. The molecule has 3 fully saturated rings. The molecule has 0 spiro atoms. The van der Waals surface area contributed by atoms with E-state index >= 15 is 0 Å². The summed E-state index contributed by atoms with van der Waals surface area (Å²) >= 11 is 0. The molecule has 0 bridgehead atoms. The van der Waals surface area contributed by atoms with Gasteiger partial charge in [-0.05, 0) is 62.9 Å². The van der Waals surface area contributed by atoms with Crippen molar-refractivity contribution in [3.8, 4) is 6.01 Å². The Bertz CT molecular complexity index is 1640. The zero-order valence-electron chi connectivity index (χ0n) is 25.0. The van der Waals surface area contributed by atoms with E-state index in [0.29, 0.717) is 44.6 Å². The number of carbonyl (C=O) groups is 1. The van der Waals surface area contributed by atoms with E-state index in [1.54, 1.807) is 0 Å². The first-order valence-corrected chi connectivity index (χ1v) is 15.4. The SMILES string of the molecule is [C-]#[N+]C[C@H]1CN(c2nc(OCC34CCCN3CCC4)nc3c2COC(c2c(C)ccc4[nH]ncc24)C3)CCN1C(=O)C(=C)F. The second-order valence-corrected chi connectivity index (χ2v) is 12.4. The number of halogens is 1. The summed E-state index contributed by atoms with van der Waals surface area (Å²) in [5.74, 6) is -1.09. The molecule has 1 aromatic carbocycles. The molecular weight excluding hydrogens is 563 g/mol. The Morgan fingerprint density at radius 1 is 1.25 bits per heavy atom. The van der Waals surface area contributed by atoms with Crippen molar-refractivity contribution >= 4 is 22.6 Å². The number of nitrogens with one attached hydrogen (secondary N) is 1. The molecule has 4 aliphatic rings. The minimum Gasteiger partial charge on any atom is -0.461 e. The fourth-order valence-corrected chi connectivity index (χ4v) is 7.71. The number of fused-ring (bicyclic) bond motifs is 3. The Morgan fingerprint density at radius 3 is 2.84 bits per heavy atom. The first kappa shape index (κ1) is 28.7. The smallest absolute Gasteiger partial charge is 0.318 e. The maximum Gasteiger partial charge on any atom is 0.318 e. The number of amides is 1. The Labute approximate surface area is 255 Å². The van der Waals surface area contributed by atoms with E-state index in [-0.39, 0.29) is 24.7 Å². The van der Waals surface area contributed by atoms with Crippen molar-refractivity contribution in [1.82, 2.24) is 30.0 Å². The molecule has 7 rings (SSSR count). The summed E-state index contributed by atoms with van der Waals surface area (Å²) in [6, 6.07) is 3.94. The van der Waals surface area contributed by atoms with Crippen LogP contribution in [0.4, 0.5) is 10.2 Å². The van der Waals surface area contributed by atoms with E-state index in [2.05, 4.69) is 44.4 Å². The molecule has 1 N–H and O–H groups in total. The lowest BCUT2D eigenvalue weighted by molar-refractivity contribution is -0.131. The van der Waals surface area contributed by atoms with E-state index in [9.17, 15) is 9.18 Å². The normalized spacial score (nSPS) is 22.9. The van der Waals surface area contributed by atoms with Crippen LogP contribution in [0.25, 0.3) is 15.7 Å². The fourth-order valence-electron chi connectivity index (χ4n) is 7.71. The van der Waals surface area contributed by atoms with Crippen molar-refractivity contribution in [2.24, 2.45) is 0 Å². The predicted molar refractivity (Wildman–Crippen MR) is 162 cm³/mol. The maximum absolute atomic E-state index is 13.8. The van der Waals surface area contributed by atoms with E-state index in [4.69, 9.17) is 26.0 Å². The van der Waals surface area contributed by atoms with Crippen LogP contribution in [0, 0.1) is 13.5 Å². The molecule has 4 aliphatic heterocycles. The average molecular weight is 601 g/mol. The predicted octanol–water partition coefficient (Wildman–Crippen LogP) is 3.90. The number of nitrogens with zero attached hydrogens (tertiary/aromatic N) is 7. The molecule has 0 radical (unpaired) electrons. The van der Waals surface area contributed by atoms with Gasteiger partial charge < -0.3 is 24.1 Å². The van der Waals surface area contributed by atoms with E-state index in [1.807, 2.05) is 12.3 Å². The van der Waals surface area contributed by atoms with Crippen LogP contribution in [0.5, 0.6) is 6.01 Å². The highest BCUT2D eigenvalue weighted by atomic mass is 19.1. The second kappa shape index (κ2) is 11.4. The Balaban J connectivity index is 1.23. The lowest BCUT2D eigenvalue weighted by atomic mass is 9.93. The summed E-state index contributed by atoms with van der Waals surface area (Å²) < 4.78 is 26.8. The van der Waals surface area contributed by atoms with Crippen molar-refractivity contribution < 1.29 is 18.7 Å². The highest BCUT2D eigenvalue weighted by molar-refractivity contribution is 5.91. The van der Waals surface area contributed by atoms with Crippen molar-refractivity contribution in [3.05, 3.63) is 64.5 Å². The monoisotopic (exact) mass is 600 g/mol. The summed E-state index contributed by atoms with van der Waals surface area (Å²) in [6.07, 6.45) is 6.73. The number of benzene rings is 1. The number of H-pyrrole nitrogens is 1. The minimum atomic E-state index is -1.02. The van der Waals surface area contributed by atoms with Crippen LogP contribution in [-0.4, -0.2) is 93.3 Å². The van der Waals surface area contributed by atoms with Crippen molar-refractivity contribution in [2.75, 3.05) is 50.8 Å². The molecule has 3 aromatic rings. The third kappa shape index (κ3) is 4.98. The number of aromatic amines is 1. The van der Waals surface area contributed by atoms with E-state index in [1.165, 1.54) is 17.7 Å². The van der Waals surface area contributed by atoms with Gasteiger partial charge in [-0.15, -0.1) is 0 Å². The van der Waals surface area contributed by atoms with Gasteiger partial charge in [0.05, 0.1) is 35.7 Å². The number of aromatic nitrogens is 4. The van der Waals surface area contributed by atoms with Crippen LogP contribution in [-0.2, 0) is 22.6 Å². The van der Waals surface area contributed by atoms with E-state index < -0.39 is 17.8 Å². The summed E-state index contributed by atoms with van der Waals surface area (Å²) in [4.78, 5) is 32.0. The number of rotatable bonds is 7. The van der Waals surface area contributed by atoms with Gasteiger partial charge >= 0.3 is 6.01 Å². The molecule has 0 saturated carbocycles. The molecule has 44 heavy (non-hydrogen) atoms. The average Bonchev–Trinajstić information content (AvgIpc) is 3.75. The number of hydrogen-bond donors (Lipinski definition) is 1. The van der Waals surface area contributed by atoms with Crippen LogP contribution < -0.4 is 9.64 Å². The fraction of sp³-hybridized carbons (Fsp3) is 0.531. The van der Waals surface area contributed by atoms with Crippen LogP contribution >= 0.6 is 0 Å². The van der Waals surface area contributed by atoms with Gasteiger partial charge in [-0.1, -0.05) is 12.6 Å². The van der Waals surface area contributed by atoms with Crippen LogP contribution in [0.2, 0.25) is 0 Å². The standard InChI is InChI=1S/C32H37FN8O3/c1-20-6-7-25-23(16-35-38-25)28(20)27-14-26-24(18-43-27)29(39-12-13-41(30(42)21(2)33)22(17-39)15-34-3)37-31(36-26)44-19-32-8-4-10-40(32)11-5-9-32/h6-7,16,22,27H,2,4-5,8-15,17-19H2,1H3,(H,35,38)/t22-,27?/m0/s1. The van der Waals surface area contributed by atoms with Gasteiger partial charge in [-0.3, -0.25) is 14.8 Å². The van der Waals surface area contributed by atoms with Gasteiger partial charge in [-0.2, -0.15) is 15.1 Å². The van der Waals surface area contributed by atoms with Gasteiger partial charge in [0, 0.05) is 37.0 Å². The van der Waals surface area contributed by atoms with Gasteiger partial charge in [0.2, 0.25) is 6.54 Å². The summed E-state index contributed by atoms with van der Waals surface area (Å²) in [5.41, 5.74) is 4.96. The molecule has 2 aromatic heterocycles. The molecule has 12 heteroatoms. The van der Waals surface area contributed by atoms with Crippen LogP contribution in [0.3, 0.4) is 0 Å². The molecule has 0 aliphatic carbocycles. The molecule has 1 unspecified atom stereocenters. The number of aryl methyl sites for hydroxylation is 1. The summed E-state index contributed by atoms with van der Waals surface area (Å²) in [6.45, 7) is 16.9. The van der Waals surface area contributed by atoms with E-state index in [0.717, 1.165) is 59.2 Å². The zero-order chi connectivity index (χ0) is 30.4. The minimum absolute atomic E-state index is 0.0422. The quantitative estimate of drug-likeness (QED) is 0.322. The highest BCUT2D eigenvalue weighted by Crippen LogP contribution is 2.41. The first-order valence-electron chi connectivity index (χ1n) is 15.4. The first-order chi connectivity index (χ1) is 21.4. The third-order valence-corrected chi connectivity index (χ3v) is 9.92. The molecule has 3 saturated heterocycles. The molecule has 1 amide bonds. The van der Waals surface area contributed by atoms with Crippen LogP contribution in [0.1, 0.15) is 54.2 Å². The number of piperazine rings is 1. The number of ether oxygens (including phenoxy) is 2. The van der Waals surface area contributed by atoms with Gasteiger partial charge in [-0.25, -0.2) is 11.0 Å². The molecular formula is C32H37FN8O3. The topological polar surface area (TPSA) is 104 Å². The number of anilines is 1. The Hall–Kier alpha value is -4.08. The van der Waals surface area contributed by atoms with Gasteiger partial charge in [0.25, 0.3) is 5.91 Å². The van der Waals surface area contributed by atoms with Crippen LogP contribution in [0.15, 0.2) is 30.7 Å². The molecule has 2 atom stereocenters. The largest absolute Gasteiger partial charge is 0.461 e. The lowest BCUT2D eigenvalue weighted by Crippen LogP contribution is -2.57. The Kier molecular flexibility index (Phi) is 7.46. The highest BCUT2D eigenvalue weighted by Gasteiger charge is 2.45. The summed E-state index contributed by atoms with van der Waals surface area (Å²) in [5, 5.41) is 8.35. The number of hydrogen-bond acceptors (Lipinski definition) is 8. The Morgan fingerprint density at radius 2 is 2.07 bits per heavy atom. The maximum atomic E-state index is 13.8. The second-order valence-electron chi connectivity index (χ2n) is 12.4. The van der Waals surface area contributed by atoms with Gasteiger partial charge in [0.15, 0.2) is 5.83 Å².